The highest BCUT2D eigenvalue weighted by molar-refractivity contribution is 6.33. The van der Waals surface area contributed by atoms with Gasteiger partial charge in [-0.25, -0.2) is 69.6 Å². The Morgan fingerprint density at radius 2 is 0.726 bits per heavy atom. The lowest BCUT2D eigenvalue weighted by atomic mass is 10.1. The van der Waals surface area contributed by atoms with Gasteiger partial charge >= 0.3 is 0 Å². The maximum atomic E-state index is 10.7. The molecule has 106 heavy (non-hydrogen) atoms. The van der Waals surface area contributed by atoms with Crippen molar-refractivity contribution in [2.75, 3.05) is 31.9 Å². The molecule has 0 radical (unpaired) electrons. The van der Waals surface area contributed by atoms with Crippen LogP contribution in [0.4, 0.5) is 80.5 Å². The van der Waals surface area contributed by atoms with Gasteiger partial charge in [0.25, 0.3) is 5.69 Å². The first-order valence-corrected chi connectivity index (χ1v) is 34.1. The largest absolute Gasteiger partial charge is 0.340 e. The van der Waals surface area contributed by atoms with E-state index in [0.29, 0.717) is 33.9 Å². The van der Waals surface area contributed by atoms with Gasteiger partial charge < -0.3 is 31.9 Å². The maximum absolute atomic E-state index is 10.7. The number of hydrogen-bond acceptors (Lipinski definition) is 21. The molecule has 0 saturated heterocycles. The molecule has 23 nitrogen and oxygen atoms in total. The zero-order valence-electron chi connectivity index (χ0n) is 61.5. The molecule has 7 aromatic carbocycles. The predicted octanol–water partition coefficient (Wildman–Crippen LogP) is 20.5. The van der Waals surface area contributed by atoms with Crippen LogP contribution in [-0.4, -0.2) is 69.7 Å². The number of fused-ring (bicyclic) bond motifs is 2. The van der Waals surface area contributed by atoms with E-state index in [0.717, 1.165) is 125 Å². The van der Waals surface area contributed by atoms with Crippen LogP contribution < -0.4 is 31.9 Å². The van der Waals surface area contributed by atoms with Crippen LogP contribution >= 0.6 is 11.6 Å². The summed E-state index contributed by atoms with van der Waals surface area (Å²) in [6.45, 7) is 34.0. The Morgan fingerprint density at radius 1 is 0.349 bits per heavy atom. The lowest BCUT2D eigenvalue weighted by Gasteiger charge is -2.11. The third-order valence-corrected chi connectivity index (χ3v) is 16.1. The Labute approximate surface area is 622 Å². The summed E-state index contributed by atoms with van der Waals surface area (Å²) >= 11 is 5.98. The van der Waals surface area contributed by atoms with E-state index in [2.05, 4.69) is 170 Å². The van der Waals surface area contributed by atoms with Crippen LogP contribution in [0.5, 0.6) is 0 Å². The van der Waals surface area contributed by atoms with Crippen molar-refractivity contribution in [1.29, 1.82) is 0 Å². The van der Waals surface area contributed by atoms with Crippen molar-refractivity contribution in [2.24, 2.45) is 0 Å². The summed E-state index contributed by atoms with van der Waals surface area (Å²) in [5.41, 5.74) is 13.5. The lowest BCUT2D eigenvalue weighted by molar-refractivity contribution is -0.384. The van der Waals surface area contributed by atoms with E-state index in [1.807, 2.05) is 168 Å². The van der Waals surface area contributed by atoms with E-state index in [1.165, 1.54) is 34.0 Å². The van der Waals surface area contributed by atoms with Crippen LogP contribution in [0, 0.1) is 114 Å². The molecule has 0 aliphatic carbocycles. The molecule has 534 valence electrons. The van der Waals surface area contributed by atoms with Gasteiger partial charge in [-0.3, -0.25) is 10.1 Å². The maximum Gasteiger partial charge on any atom is 0.271 e. The zero-order valence-corrected chi connectivity index (χ0v) is 62.3. The van der Waals surface area contributed by atoms with E-state index >= 15 is 0 Å². The van der Waals surface area contributed by atoms with Crippen molar-refractivity contribution in [3.8, 4) is 0 Å². The van der Waals surface area contributed by atoms with Crippen LogP contribution in [0.1, 0.15) is 79.5 Å². The first-order valence-electron chi connectivity index (χ1n) is 33.7. The van der Waals surface area contributed by atoms with Gasteiger partial charge in [0.05, 0.1) is 11.5 Å². The number of pyridine rings is 1. The monoisotopic (exact) mass is 1430 g/mol. The number of non-ortho nitro benzene ring substituents is 1. The Hall–Kier alpha value is -13.3. The molecule has 0 aliphatic rings. The van der Waals surface area contributed by atoms with Crippen molar-refractivity contribution in [3.05, 3.63) is 313 Å². The van der Waals surface area contributed by atoms with Gasteiger partial charge in [0.1, 0.15) is 75.7 Å². The number of aryl methyl sites for hydroxylation is 14. The van der Waals surface area contributed by atoms with E-state index in [4.69, 9.17) is 18.2 Å². The summed E-state index contributed by atoms with van der Waals surface area (Å²) in [7, 11) is 0. The van der Waals surface area contributed by atoms with Crippen molar-refractivity contribution in [2.45, 2.75) is 96.9 Å². The van der Waals surface area contributed by atoms with Gasteiger partial charge in [0, 0.05) is 133 Å². The van der Waals surface area contributed by atoms with Crippen molar-refractivity contribution in [1.82, 2.24) is 64.8 Å². The van der Waals surface area contributed by atoms with E-state index in [9.17, 15) is 10.1 Å². The van der Waals surface area contributed by atoms with Crippen LogP contribution in [-0.2, 0) is 0 Å². The summed E-state index contributed by atoms with van der Waals surface area (Å²) < 4.78 is 0. The van der Waals surface area contributed by atoms with Crippen molar-refractivity contribution in [3.63, 3.8) is 0 Å². The molecule has 24 heteroatoms. The number of hydrogen-bond donors (Lipinski definition) is 6. The number of aromatic nitrogens is 13. The predicted molar refractivity (Wildman–Crippen MR) is 428 cm³/mol. The number of halogens is 1. The molecule has 0 saturated carbocycles. The van der Waals surface area contributed by atoms with Gasteiger partial charge in [0.2, 0.25) is 5.69 Å². The molecular formula is C82H82ClN21O2. The average molecular weight is 1430 g/mol. The Morgan fingerprint density at radius 3 is 1.18 bits per heavy atom. The Kier molecular flexibility index (Phi) is 26.8. The number of nitro benzene ring substituents is 1. The smallest absolute Gasteiger partial charge is 0.271 e. The van der Waals surface area contributed by atoms with Crippen LogP contribution in [0.2, 0.25) is 5.02 Å². The Bertz CT molecular complexity index is 5280. The van der Waals surface area contributed by atoms with E-state index < -0.39 is 4.92 Å². The van der Waals surface area contributed by atoms with Crippen molar-refractivity contribution >= 4 is 114 Å². The fourth-order valence-corrected chi connectivity index (χ4v) is 10.2. The van der Waals surface area contributed by atoms with E-state index in [-0.39, 0.29) is 5.69 Å². The van der Waals surface area contributed by atoms with Gasteiger partial charge in [-0.2, -0.15) is 0 Å². The van der Waals surface area contributed by atoms with Gasteiger partial charge in [-0.15, -0.1) is 0 Å². The molecule has 0 atom stereocenters. The molecule has 0 spiro atoms. The quantitative estimate of drug-likeness (QED) is 0.0355. The highest BCUT2D eigenvalue weighted by atomic mass is 35.5. The Balaban J connectivity index is 0.000000147. The molecular weight excluding hydrogens is 1350 g/mol. The number of nitrogens with zero attached hydrogens (tertiary/aromatic N) is 15. The number of anilines is 12. The molecule has 0 aliphatic heterocycles. The summed E-state index contributed by atoms with van der Waals surface area (Å²) in [5, 5.41) is 35.3. The van der Waals surface area contributed by atoms with E-state index in [1.54, 1.807) is 55.8 Å². The SMILES string of the molecule is Cc1ccc(Nc2nc(C)ncc2C)cc1.Cc1cccc(Nc2nc(C)ncc2C)c1.Cc1ncc(C)c(Nc2cccc([N+](=O)[O-])c2)n1.Cc1ncc(C)c(Nc2cccc3ccccc23)n1.Cc1ncc(C)c(Nc2nccc3ccccc23)n1.[C-]#[N+]c1ccc(Nc2nc(C)ncc2C)cc1Cl. The molecule has 7 heterocycles. The third-order valence-electron chi connectivity index (χ3n) is 15.8. The first-order chi connectivity index (χ1) is 50.9. The van der Waals surface area contributed by atoms with Gasteiger partial charge in [-0.05, 0) is 168 Å². The number of rotatable bonds is 13. The van der Waals surface area contributed by atoms with Crippen LogP contribution in [0.15, 0.2) is 207 Å². The highest BCUT2D eigenvalue weighted by Crippen LogP contribution is 2.32. The standard InChI is InChI=1S/C16H15N3.C15H14N4.C13H11ClN4.2C13H15N3.C12H12N4O2/c1-11-10-17-12(2)18-16(11)19-15-9-5-7-13-6-3-4-8-14(13)15;1-10-9-17-11(2)18-14(10)19-15-13-6-4-3-5-12(13)7-8-16-15;1-8-7-16-9(2)17-13(8)18-10-4-5-12(15-3)11(14)6-10;1-9-4-6-12(7-5-9)16-13-10(2)8-14-11(3)15-13;1-9-5-4-6-12(7-9)16-13-10(2)8-14-11(3)15-13;1-8-7-13-9(2)14-12(8)15-10-4-3-5-11(6-10)16(17)18/h3-10H,1-2H3,(H,17,18,19);3-9H,1-2H3,(H,16,17,18,19);4-7H,1-2H3,(H,16,17,18);2*4-8H,1-3H3,(H,14,15,16);3-7H,1-2H3,(H,13,14,15). The second kappa shape index (κ2) is 37.0. The molecule has 0 unspecified atom stereocenters. The molecule has 0 bridgehead atoms. The van der Waals surface area contributed by atoms with Crippen molar-refractivity contribution < 1.29 is 4.92 Å². The number of benzene rings is 7. The van der Waals surface area contributed by atoms with Crippen LogP contribution in [0.25, 0.3) is 26.4 Å². The molecule has 14 rings (SSSR count). The summed E-state index contributed by atoms with van der Waals surface area (Å²) in [6, 6.07) is 52.7. The fourth-order valence-electron chi connectivity index (χ4n) is 10.0. The minimum atomic E-state index is -0.427. The highest BCUT2D eigenvalue weighted by Gasteiger charge is 2.12. The lowest BCUT2D eigenvalue weighted by Crippen LogP contribution is -2.01. The number of nitro groups is 1. The molecule has 0 amide bonds. The summed E-state index contributed by atoms with van der Waals surface area (Å²) in [4.78, 5) is 69.0. The minimum absolute atomic E-state index is 0.0448. The topological polar surface area (TPSA) is 287 Å². The molecule has 14 aromatic rings. The zero-order chi connectivity index (χ0) is 75.8. The normalized spacial score (nSPS) is 10.3. The van der Waals surface area contributed by atoms with Gasteiger partial charge in [-0.1, -0.05) is 114 Å². The number of nitrogens with one attached hydrogen (secondary N) is 6. The third kappa shape index (κ3) is 22.6. The summed E-state index contributed by atoms with van der Waals surface area (Å²) in [5.74, 6) is 10.1. The minimum Gasteiger partial charge on any atom is -0.340 e. The second-order valence-corrected chi connectivity index (χ2v) is 25.1. The van der Waals surface area contributed by atoms with Gasteiger partial charge in [0.15, 0.2) is 0 Å². The van der Waals surface area contributed by atoms with Crippen LogP contribution in [0.3, 0.4) is 0 Å². The molecule has 0 fully saturated rings. The second-order valence-electron chi connectivity index (χ2n) is 24.7. The molecule has 6 N–H and O–H groups in total. The summed E-state index contributed by atoms with van der Waals surface area (Å²) in [6.07, 6.45) is 12.6. The first kappa shape index (κ1) is 76.8. The average Bonchev–Trinajstić information content (AvgIpc) is 0.819. The fraction of sp³-hybridized carbons (Fsp3) is 0.171. The molecule has 7 aromatic heterocycles.